The van der Waals surface area contributed by atoms with Crippen LogP contribution in [0.1, 0.15) is 19.5 Å². The Morgan fingerprint density at radius 2 is 1.95 bits per heavy atom. The molecule has 7 heteroatoms. The van der Waals surface area contributed by atoms with Crippen LogP contribution < -0.4 is 5.56 Å². The fourth-order valence-corrected chi connectivity index (χ4v) is 2.25. The quantitative estimate of drug-likeness (QED) is 0.675. The van der Waals surface area contributed by atoms with E-state index in [1.807, 2.05) is 13.8 Å². The summed E-state index contributed by atoms with van der Waals surface area (Å²) in [5, 5.41) is 10.6. The zero-order valence-electron chi connectivity index (χ0n) is 11.6. The van der Waals surface area contributed by atoms with Gasteiger partial charge >= 0.3 is 0 Å². The number of hydrogen-bond donors (Lipinski definition) is 1. The predicted molar refractivity (Wildman–Crippen MR) is 83.2 cm³/mol. The molecule has 2 rings (SSSR count). The van der Waals surface area contributed by atoms with Crippen molar-refractivity contribution in [3.8, 4) is 11.4 Å². The maximum absolute atomic E-state index is 11.9. The third-order valence-corrected chi connectivity index (χ3v) is 3.70. The van der Waals surface area contributed by atoms with Crippen LogP contribution >= 0.6 is 15.9 Å². The minimum atomic E-state index is -0.467. The third kappa shape index (κ3) is 3.55. The fraction of sp³-hybridized carbons (Fsp3) is 0.286. The van der Waals surface area contributed by atoms with E-state index in [4.69, 9.17) is 0 Å². The number of nitrogens with one attached hydrogen (secondary N) is 1. The zero-order valence-corrected chi connectivity index (χ0v) is 13.2. The van der Waals surface area contributed by atoms with E-state index in [2.05, 4.69) is 25.9 Å². The Kier molecular flexibility index (Phi) is 4.52. The summed E-state index contributed by atoms with van der Waals surface area (Å²) in [5.41, 5.74) is 1.06. The van der Waals surface area contributed by atoms with Crippen molar-refractivity contribution in [2.24, 2.45) is 5.92 Å². The molecule has 0 aliphatic rings. The molecular formula is C14H14BrN3O3. The summed E-state index contributed by atoms with van der Waals surface area (Å²) >= 11 is 3.25. The number of rotatable bonds is 4. The van der Waals surface area contributed by atoms with Crippen LogP contribution in [0.3, 0.4) is 0 Å². The van der Waals surface area contributed by atoms with E-state index in [0.717, 1.165) is 0 Å². The SMILES string of the molecule is CC(C)Cc1nc(-c2ccc([N+](=O)[O-])cc2)[nH]c(=O)c1Br. The van der Waals surface area contributed by atoms with Crippen LogP contribution in [0.25, 0.3) is 11.4 Å². The molecule has 0 aliphatic carbocycles. The van der Waals surface area contributed by atoms with E-state index in [9.17, 15) is 14.9 Å². The first-order valence-electron chi connectivity index (χ1n) is 6.42. The molecule has 21 heavy (non-hydrogen) atoms. The molecule has 0 fully saturated rings. The van der Waals surface area contributed by atoms with Gasteiger partial charge < -0.3 is 4.98 Å². The largest absolute Gasteiger partial charge is 0.306 e. The Hall–Kier alpha value is -2.02. The van der Waals surface area contributed by atoms with Crippen LogP contribution in [0.4, 0.5) is 5.69 Å². The highest BCUT2D eigenvalue weighted by Gasteiger charge is 2.12. The van der Waals surface area contributed by atoms with Gasteiger partial charge in [-0.2, -0.15) is 0 Å². The molecule has 1 heterocycles. The highest BCUT2D eigenvalue weighted by atomic mass is 79.9. The molecule has 0 saturated carbocycles. The summed E-state index contributed by atoms with van der Waals surface area (Å²) in [6.07, 6.45) is 0.671. The van der Waals surface area contributed by atoms with Gasteiger partial charge in [-0.25, -0.2) is 4.98 Å². The number of halogens is 1. The van der Waals surface area contributed by atoms with E-state index in [-0.39, 0.29) is 11.2 Å². The number of nitro benzene ring substituents is 1. The van der Waals surface area contributed by atoms with Crippen molar-refractivity contribution in [3.05, 3.63) is 54.9 Å². The van der Waals surface area contributed by atoms with Gasteiger partial charge in [-0.3, -0.25) is 14.9 Å². The maximum Gasteiger partial charge on any atom is 0.269 e. The third-order valence-electron chi connectivity index (χ3n) is 2.88. The first kappa shape index (κ1) is 15.4. The van der Waals surface area contributed by atoms with Gasteiger partial charge in [0, 0.05) is 17.7 Å². The summed E-state index contributed by atoms with van der Waals surface area (Å²) in [5.74, 6) is 0.772. The lowest BCUT2D eigenvalue weighted by atomic mass is 10.1. The van der Waals surface area contributed by atoms with Gasteiger partial charge in [0.15, 0.2) is 0 Å². The van der Waals surface area contributed by atoms with Crippen molar-refractivity contribution in [2.45, 2.75) is 20.3 Å². The van der Waals surface area contributed by atoms with E-state index < -0.39 is 4.92 Å². The normalized spacial score (nSPS) is 10.9. The smallest absolute Gasteiger partial charge is 0.269 e. The van der Waals surface area contributed by atoms with Gasteiger partial charge in [0.05, 0.1) is 10.6 Å². The maximum atomic E-state index is 11.9. The minimum Gasteiger partial charge on any atom is -0.306 e. The number of non-ortho nitro benzene ring substituents is 1. The molecular weight excluding hydrogens is 338 g/mol. The fourth-order valence-electron chi connectivity index (χ4n) is 1.91. The van der Waals surface area contributed by atoms with Crippen molar-refractivity contribution in [1.82, 2.24) is 9.97 Å². The molecule has 0 radical (unpaired) electrons. The molecule has 0 aliphatic heterocycles. The monoisotopic (exact) mass is 351 g/mol. The molecule has 0 bridgehead atoms. The first-order valence-corrected chi connectivity index (χ1v) is 7.21. The van der Waals surface area contributed by atoms with Crippen LogP contribution in [0.15, 0.2) is 33.5 Å². The summed E-state index contributed by atoms with van der Waals surface area (Å²) in [7, 11) is 0. The number of benzene rings is 1. The topological polar surface area (TPSA) is 88.9 Å². The van der Waals surface area contributed by atoms with Gasteiger partial charge in [0.25, 0.3) is 11.2 Å². The number of nitro groups is 1. The summed E-state index contributed by atoms with van der Waals surface area (Å²) in [6.45, 7) is 4.09. The van der Waals surface area contributed by atoms with Gasteiger partial charge in [0.2, 0.25) is 0 Å². The zero-order chi connectivity index (χ0) is 15.6. The van der Waals surface area contributed by atoms with Gasteiger partial charge in [-0.05, 0) is 40.4 Å². The van der Waals surface area contributed by atoms with Crippen LogP contribution in [0.5, 0.6) is 0 Å². The summed E-state index contributed by atoms with van der Waals surface area (Å²) in [4.78, 5) is 29.2. The van der Waals surface area contributed by atoms with Gasteiger partial charge in [-0.15, -0.1) is 0 Å². The van der Waals surface area contributed by atoms with E-state index >= 15 is 0 Å². The highest BCUT2D eigenvalue weighted by Crippen LogP contribution is 2.21. The Labute approximate surface area is 129 Å². The summed E-state index contributed by atoms with van der Waals surface area (Å²) in [6, 6.07) is 5.92. The number of hydrogen-bond acceptors (Lipinski definition) is 4. The Bertz CT molecular complexity index is 723. The van der Waals surface area contributed by atoms with Crippen molar-refractivity contribution in [2.75, 3.05) is 0 Å². The molecule has 0 atom stereocenters. The van der Waals surface area contributed by atoms with Gasteiger partial charge in [-0.1, -0.05) is 13.8 Å². The Morgan fingerprint density at radius 1 is 1.33 bits per heavy atom. The van der Waals surface area contributed by atoms with Crippen LogP contribution in [-0.2, 0) is 6.42 Å². The lowest BCUT2D eigenvalue weighted by molar-refractivity contribution is -0.384. The first-order chi connectivity index (χ1) is 9.88. The minimum absolute atomic E-state index is 0.000567. The highest BCUT2D eigenvalue weighted by molar-refractivity contribution is 9.10. The second-order valence-electron chi connectivity index (χ2n) is 5.08. The molecule has 0 unspecified atom stereocenters. The molecule has 6 nitrogen and oxygen atoms in total. The average Bonchev–Trinajstić information content (AvgIpc) is 2.43. The van der Waals surface area contributed by atoms with E-state index in [1.165, 1.54) is 12.1 Å². The average molecular weight is 352 g/mol. The Balaban J connectivity index is 2.46. The second kappa shape index (κ2) is 6.17. The van der Waals surface area contributed by atoms with Crippen molar-refractivity contribution < 1.29 is 4.92 Å². The second-order valence-corrected chi connectivity index (χ2v) is 5.87. The molecule has 1 aromatic carbocycles. The van der Waals surface area contributed by atoms with Crippen LogP contribution in [0.2, 0.25) is 0 Å². The van der Waals surface area contributed by atoms with Gasteiger partial charge in [0.1, 0.15) is 10.3 Å². The predicted octanol–water partition coefficient (Wildman–Crippen LogP) is 3.31. The molecule has 1 N–H and O–H groups in total. The van der Waals surface area contributed by atoms with Crippen LogP contribution in [-0.4, -0.2) is 14.9 Å². The number of aromatic amines is 1. The molecule has 1 aromatic heterocycles. The lowest BCUT2D eigenvalue weighted by Crippen LogP contribution is -2.15. The Morgan fingerprint density at radius 3 is 2.48 bits per heavy atom. The van der Waals surface area contributed by atoms with E-state index in [0.29, 0.717) is 33.9 Å². The summed E-state index contributed by atoms with van der Waals surface area (Å²) < 4.78 is 0.432. The van der Waals surface area contributed by atoms with Crippen LogP contribution in [0, 0.1) is 16.0 Å². The number of aromatic nitrogens is 2. The number of nitrogens with zero attached hydrogens (tertiary/aromatic N) is 2. The molecule has 2 aromatic rings. The standard InChI is InChI=1S/C14H14BrN3O3/c1-8(2)7-11-12(15)14(19)17-13(16-11)9-3-5-10(6-4-9)18(20)21/h3-6,8H,7H2,1-2H3,(H,16,17,19). The van der Waals surface area contributed by atoms with E-state index in [1.54, 1.807) is 12.1 Å². The van der Waals surface area contributed by atoms with Crippen molar-refractivity contribution in [1.29, 1.82) is 0 Å². The number of H-pyrrole nitrogens is 1. The lowest BCUT2D eigenvalue weighted by Gasteiger charge is -2.08. The molecule has 0 spiro atoms. The molecule has 110 valence electrons. The molecule has 0 amide bonds. The van der Waals surface area contributed by atoms with Crippen molar-refractivity contribution >= 4 is 21.6 Å². The molecule has 0 saturated heterocycles. The van der Waals surface area contributed by atoms with Crippen molar-refractivity contribution in [3.63, 3.8) is 0 Å².